The summed E-state index contributed by atoms with van der Waals surface area (Å²) in [5, 5.41) is 4.49. The summed E-state index contributed by atoms with van der Waals surface area (Å²) >= 11 is 3.05. The van der Waals surface area contributed by atoms with Crippen LogP contribution in [0, 0.1) is 0 Å². The number of aryl methyl sites for hydroxylation is 2. The van der Waals surface area contributed by atoms with Crippen molar-refractivity contribution in [3.05, 3.63) is 10.4 Å². The molecule has 23 heavy (non-hydrogen) atoms. The maximum absolute atomic E-state index is 11.8. The number of amides is 1. The van der Waals surface area contributed by atoms with E-state index in [9.17, 15) is 4.79 Å². The van der Waals surface area contributed by atoms with Gasteiger partial charge in [0.2, 0.25) is 5.91 Å². The van der Waals surface area contributed by atoms with E-state index in [-0.39, 0.29) is 5.91 Å². The van der Waals surface area contributed by atoms with Gasteiger partial charge >= 0.3 is 0 Å². The highest BCUT2D eigenvalue weighted by Crippen LogP contribution is 2.39. The molecule has 1 aliphatic carbocycles. The molecule has 0 unspecified atom stereocenters. The van der Waals surface area contributed by atoms with Gasteiger partial charge in [0, 0.05) is 18.0 Å². The Morgan fingerprint density at radius 2 is 2.22 bits per heavy atom. The number of thioether (sulfide) groups is 1. The summed E-state index contributed by atoms with van der Waals surface area (Å²) < 4.78 is 0. The molecule has 0 aliphatic heterocycles. The Kier molecular flexibility index (Phi) is 5.03. The number of thiophene rings is 1. The van der Waals surface area contributed by atoms with E-state index < -0.39 is 0 Å². The Balaban J connectivity index is 1.64. The number of nitrogen functional groups attached to an aromatic ring is 1. The molecule has 8 heteroatoms. The maximum Gasteiger partial charge on any atom is 0.230 e. The Morgan fingerprint density at radius 1 is 1.39 bits per heavy atom. The normalized spacial score (nSPS) is 13.7. The fourth-order valence-corrected chi connectivity index (χ4v) is 4.68. The number of carbonyl (C=O) groups is 1. The number of hydrogen-bond donors (Lipinski definition) is 2. The van der Waals surface area contributed by atoms with Crippen LogP contribution >= 0.6 is 23.1 Å². The van der Waals surface area contributed by atoms with Crippen molar-refractivity contribution >= 4 is 45.0 Å². The third kappa shape index (κ3) is 3.76. The van der Waals surface area contributed by atoms with Gasteiger partial charge in [0.05, 0.1) is 11.1 Å². The zero-order chi connectivity index (χ0) is 16.4. The quantitative estimate of drug-likeness (QED) is 0.606. The van der Waals surface area contributed by atoms with Crippen LogP contribution in [0.4, 0.5) is 5.82 Å². The summed E-state index contributed by atoms with van der Waals surface area (Å²) in [7, 11) is 3.95. The molecule has 6 nitrogen and oxygen atoms in total. The highest BCUT2D eigenvalue weighted by atomic mass is 32.2. The first kappa shape index (κ1) is 16.5. The fraction of sp³-hybridized carbons (Fsp3) is 0.533. The molecule has 1 aliphatic rings. The number of anilines is 1. The largest absolute Gasteiger partial charge is 0.383 e. The van der Waals surface area contributed by atoms with Crippen LogP contribution in [0.25, 0.3) is 10.2 Å². The number of carbonyl (C=O) groups excluding carboxylic acids is 1. The topological polar surface area (TPSA) is 84.1 Å². The van der Waals surface area contributed by atoms with E-state index in [0.717, 1.165) is 29.6 Å². The lowest BCUT2D eigenvalue weighted by Crippen LogP contribution is -2.32. The number of likely N-dealkylation sites (N-methyl/N-ethyl adjacent to an activating group) is 1. The lowest BCUT2D eigenvalue weighted by Gasteiger charge is -2.10. The molecule has 0 fully saturated rings. The molecule has 1 amide bonds. The van der Waals surface area contributed by atoms with E-state index in [1.807, 2.05) is 19.0 Å². The van der Waals surface area contributed by atoms with Gasteiger partial charge in [-0.3, -0.25) is 4.79 Å². The minimum absolute atomic E-state index is 0.00667. The summed E-state index contributed by atoms with van der Waals surface area (Å²) in [5.41, 5.74) is 7.46. The highest BCUT2D eigenvalue weighted by molar-refractivity contribution is 7.99. The first-order valence-electron chi connectivity index (χ1n) is 7.66. The molecule has 0 saturated heterocycles. The number of fused-ring (bicyclic) bond motifs is 3. The van der Waals surface area contributed by atoms with Gasteiger partial charge in [-0.15, -0.1) is 11.3 Å². The number of nitrogens with two attached hydrogens (primary N) is 1. The molecule has 0 bridgehead atoms. The number of hydrogen-bond acceptors (Lipinski definition) is 7. The molecule has 0 aromatic carbocycles. The highest BCUT2D eigenvalue weighted by Gasteiger charge is 2.21. The van der Waals surface area contributed by atoms with Crippen LogP contribution in [0.3, 0.4) is 0 Å². The van der Waals surface area contributed by atoms with Gasteiger partial charge in [0.15, 0.2) is 5.16 Å². The Labute approximate surface area is 143 Å². The van der Waals surface area contributed by atoms with Gasteiger partial charge in [0.1, 0.15) is 10.6 Å². The van der Waals surface area contributed by atoms with Crippen molar-refractivity contribution in [1.82, 2.24) is 20.2 Å². The number of rotatable bonds is 6. The molecule has 0 radical (unpaired) electrons. The molecular formula is C15H21N5OS2. The van der Waals surface area contributed by atoms with Gasteiger partial charge in [-0.2, -0.15) is 0 Å². The van der Waals surface area contributed by atoms with E-state index in [1.54, 1.807) is 11.3 Å². The minimum atomic E-state index is -0.00667. The van der Waals surface area contributed by atoms with Crippen molar-refractivity contribution in [2.45, 2.75) is 24.4 Å². The standard InChI is InChI=1S/C15H21N5OS2/c1-20(2)7-6-17-11(21)8-22-15-18-13(16)12-9-4-3-5-10(9)23-14(12)19-15/h3-8H2,1-2H3,(H,17,21)(H2,16,18,19). The van der Waals surface area contributed by atoms with Crippen molar-refractivity contribution < 1.29 is 4.79 Å². The van der Waals surface area contributed by atoms with Crippen LogP contribution in [0.1, 0.15) is 16.9 Å². The summed E-state index contributed by atoms with van der Waals surface area (Å²) in [6.07, 6.45) is 3.39. The molecule has 2 heterocycles. The lowest BCUT2D eigenvalue weighted by molar-refractivity contribution is -0.118. The average molecular weight is 352 g/mol. The van der Waals surface area contributed by atoms with E-state index in [0.29, 0.717) is 23.3 Å². The summed E-state index contributed by atoms with van der Waals surface area (Å²) in [6, 6.07) is 0. The molecule has 3 N–H and O–H groups in total. The summed E-state index contributed by atoms with van der Waals surface area (Å²) in [5.74, 6) is 0.849. The van der Waals surface area contributed by atoms with Crippen LogP contribution in [0.5, 0.6) is 0 Å². The van der Waals surface area contributed by atoms with Crippen molar-refractivity contribution in [3.63, 3.8) is 0 Å². The van der Waals surface area contributed by atoms with Gasteiger partial charge in [-0.25, -0.2) is 9.97 Å². The van der Waals surface area contributed by atoms with E-state index in [1.165, 1.54) is 28.6 Å². The number of nitrogens with one attached hydrogen (secondary N) is 1. The molecule has 2 aromatic rings. The maximum atomic E-state index is 11.8. The van der Waals surface area contributed by atoms with Crippen LogP contribution in [0.15, 0.2) is 5.16 Å². The zero-order valence-corrected chi connectivity index (χ0v) is 15.0. The molecule has 3 rings (SSSR count). The second-order valence-electron chi connectivity index (χ2n) is 5.87. The zero-order valence-electron chi connectivity index (χ0n) is 13.4. The third-order valence-electron chi connectivity index (χ3n) is 3.79. The predicted octanol–water partition coefficient (Wildman–Crippen LogP) is 1.53. The van der Waals surface area contributed by atoms with Crippen LogP contribution in [-0.4, -0.2) is 53.7 Å². The van der Waals surface area contributed by atoms with Crippen LogP contribution < -0.4 is 11.1 Å². The molecule has 0 atom stereocenters. The molecule has 0 spiro atoms. The molecular weight excluding hydrogens is 330 g/mol. The third-order valence-corrected chi connectivity index (χ3v) is 5.82. The predicted molar refractivity (Wildman–Crippen MR) is 96.1 cm³/mol. The van der Waals surface area contributed by atoms with Gasteiger partial charge in [-0.1, -0.05) is 11.8 Å². The smallest absolute Gasteiger partial charge is 0.230 e. The van der Waals surface area contributed by atoms with Crippen LogP contribution in [0.2, 0.25) is 0 Å². The van der Waals surface area contributed by atoms with Crippen molar-refractivity contribution in [2.75, 3.05) is 38.7 Å². The van der Waals surface area contributed by atoms with Crippen molar-refractivity contribution in [3.8, 4) is 0 Å². The number of aromatic nitrogens is 2. The Hall–Kier alpha value is -1.38. The van der Waals surface area contributed by atoms with Crippen molar-refractivity contribution in [1.29, 1.82) is 0 Å². The first-order chi connectivity index (χ1) is 11.0. The summed E-state index contributed by atoms with van der Waals surface area (Å²) in [6.45, 7) is 1.47. The molecule has 2 aromatic heterocycles. The first-order valence-corrected chi connectivity index (χ1v) is 9.47. The molecule has 0 saturated carbocycles. The fourth-order valence-electron chi connectivity index (χ4n) is 2.67. The van der Waals surface area contributed by atoms with Crippen molar-refractivity contribution in [2.24, 2.45) is 0 Å². The second-order valence-corrected chi connectivity index (χ2v) is 7.90. The Morgan fingerprint density at radius 3 is 3.00 bits per heavy atom. The molecule has 124 valence electrons. The second kappa shape index (κ2) is 7.02. The monoisotopic (exact) mass is 351 g/mol. The van der Waals surface area contributed by atoms with E-state index in [2.05, 4.69) is 15.3 Å². The van der Waals surface area contributed by atoms with Gasteiger partial charge in [-0.05, 0) is 38.9 Å². The number of nitrogens with zero attached hydrogens (tertiary/aromatic N) is 3. The minimum Gasteiger partial charge on any atom is -0.383 e. The Bertz CT molecular complexity index is 728. The van der Waals surface area contributed by atoms with Gasteiger partial charge in [0.25, 0.3) is 0 Å². The average Bonchev–Trinajstić information content (AvgIpc) is 3.04. The summed E-state index contributed by atoms with van der Waals surface area (Å²) in [4.78, 5) is 25.2. The SMILES string of the molecule is CN(C)CCNC(=O)CSc1nc(N)c2c3c(sc2n1)CCC3. The van der Waals surface area contributed by atoms with Gasteiger partial charge < -0.3 is 16.0 Å². The van der Waals surface area contributed by atoms with Crippen LogP contribution in [-0.2, 0) is 17.6 Å². The van der Waals surface area contributed by atoms with E-state index >= 15 is 0 Å². The van der Waals surface area contributed by atoms with E-state index in [4.69, 9.17) is 5.73 Å². The lowest BCUT2D eigenvalue weighted by atomic mass is 10.2.